The predicted molar refractivity (Wildman–Crippen MR) is 68.8 cm³/mol. The fourth-order valence-corrected chi connectivity index (χ4v) is 2.57. The Morgan fingerprint density at radius 2 is 2.06 bits per heavy atom. The van der Waals surface area contributed by atoms with Crippen LogP contribution in [0.2, 0.25) is 10.0 Å². The van der Waals surface area contributed by atoms with Crippen molar-refractivity contribution in [2.75, 3.05) is 0 Å². The van der Waals surface area contributed by atoms with Crippen molar-refractivity contribution in [3.63, 3.8) is 0 Å². The van der Waals surface area contributed by atoms with E-state index < -0.39 is 0 Å². The van der Waals surface area contributed by atoms with Gasteiger partial charge in [-0.3, -0.25) is 4.79 Å². The monoisotopic (exact) mass is 270 g/mol. The molecule has 0 saturated carbocycles. The summed E-state index contributed by atoms with van der Waals surface area (Å²) in [5, 5.41) is 4.86. The molecule has 2 rings (SSSR count). The molecule has 2 aromatic rings. The Bertz CT molecular complexity index is 506. The average molecular weight is 271 g/mol. The Kier molecular flexibility index (Phi) is 3.64. The molecule has 0 radical (unpaired) electrons. The lowest BCUT2D eigenvalue weighted by Crippen LogP contribution is -2.03. The number of carbonyl (C=O) groups excluding carboxylic acids is 1. The van der Waals surface area contributed by atoms with Crippen molar-refractivity contribution < 1.29 is 4.79 Å². The lowest BCUT2D eigenvalue weighted by atomic mass is 10.1. The molecule has 0 fully saturated rings. The van der Waals surface area contributed by atoms with Crippen molar-refractivity contribution >= 4 is 40.3 Å². The summed E-state index contributed by atoms with van der Waals surface area (Å²) in [5.41, 5.74) is 1.54. The molecule has 1 nitrogen and oxygen atoms in total. The molecule has 0 amide bonds. The first-order valence-corrected chi connectivity index (χ1v) is 6.36. The largest absolute Gasteiger partial charge is 0.294 e. The van der Waals surface area contributed by atoms with Gasteiger partial charge in [0.1, 0.15) is 0 Å². The van der Waals surface area contributed by atoms with Gasteiger partial charge in [0, 0.05) is 17.0 Å². The summed E-state index contributed by atoms with van der Waals surface area (Å²) in [6, 6.07) is 6.87. The molecule has 0 aliphatic heterocycles. The Morgan fingerprint density at radius 1 is 1.25 bits per heavy atom. The van der Waals surface area contributed by atoms with Crippen LogP contribution < -0.4 is 0 Å². The lowest BCUT2D eigenvalue weighted by molar-refractivity contribution is 0.0993. The molecule has 0 spiro atoms. The maximum atomic E-state index is 11.9. The standard InChI is InChI=1S/C12H8Cl2OS/c13-9-1-2-10(11(14)6-9)12(15)5-8-3-4-16-7-8/h1-4,6-7H,5H2. The SMILES string of the molecule is O=C(Cc1ccsc1)c1ccc(Cl)cc1Cl. The number of hydrogen-bond acceptors (Lipinski definition) is 2. The molecular formula is C12H8Cl2OS. The summed E-state index contributed by atoms with van der Waals surface area (Å²) >= 11 is 13.3. The molecule has 0 aliphatic carbocycles. The van der Waals surface area contributed by atoms with Gasteiger partial charge in [0.15, 0.2) is 5.78 Å². The minimum atomic E-state index is 0.0140. The second-order valence-electron chi connectivity index (χ2n) is 3.36. The van der Waals surface area contributed by atoms with E-state index in [2.05, 4.69) is 0 Å². The van der Waals surface area contributed by atoms with E-state index in [1.165, 1.54) is 0 Å². The topological polar surface area (TPSA) is 17.1 Å². The first kappa shape index (κ1) is 11.6. The van der Waals surface area contributed by atoms with Gasteiger partial charge >= 0.3 is 0 Å². The maximum Gasteiger partial charge on any atom is 0.168 e. The van der Waals surface area contributed by atoms with Gasteiger partial charge in [-0.1, -0.05) is 23.2 Å². The first-order valence-electron chi connectivity index (χ1n) is 4.66. The van der Waals surface area contributed by atoms with Crippen molar-refractivity contribution in [1.82, 2.24) is 0 Å². The summed E-state index contributed by atoms with van der Waals surface area (Å²) in [7, 11) is 0. The summed E-state index contributed by atoms with van der Waals surface area (Å²) in [6.07, 6.45) is 0.380. The summed E-state index contributed by atoms with van der Waals surface area (Å²) in [4.78, 5) is 11.9. The van der Waals surface area contributed by atoms with Crippen LogP contribution in [0.1, 0.15) is 15.9 Å². The Labute approximate surface area is 108 Å². The number of Topliss-reactive ketones (excluding diaryl/α,β-unsaturated/α-hetero) is 1. The Morgan fingerprint density at radius 3 is 2.69 bits per heavy atom. The number of thiophene rings is 1. The molecule has 0 atom stereocenters. The fraction of sp³-hybridized carbons (Fsp3) is 0.0833. The average Bonchev–Trinajstić information content (AvgIpc) is 2.70. The maximum absolute atomic E-state index is 11.9. The van der Waals surface area contributed by atoms with Crippen LogP contribution in [0.25, 0.3) is 0 Å². The highest BCUT2D eigenvalue weighted by Crippen LogP contribution is 2.22. The molecule has 16 heavy (non-hydrogen) atoms. The predicted octanol–water partition coefficient (Wildman–Crippen LogP) is 4.48. The van der Waals surface area contributed by atoms with Gasteiger partial charge in [0.25, 0.3) is 0 Å². The molecule has 0 aliphatic rings. The van der Waals surface area contributed by atoms with E-state index in [1.807, 2.05) is 16.8 Å². The summed E-state index contributed by atoms with van der Waals surface area (Å²) in [6.45, 7) is 0. The number of halogens is 2. The molecule has 0 N–H and O–H groups in total. The molecule has 0 unspecified atom stereocenters. The second-order valence-corrected chi connectivity index (χ2v) is 4.98. The highest BCUT2D eigenvalue weighted by Gasteiger charge is 2.11. The van der Waals surface area contributed by atoms with Crippen LogP contribution in [0.4, 0.5) is 0 Å². The minimum absolute atomic E-state index is 0.0140. The van der Waals surface area contributed by atoms with E-state index in [1.54, 1.807) is 29.5 Å². The zero-order chi connectivity index (χ0) is 11.5. The van der Waals surface area contributed by atoms with Crippen LogP contribution in [0.3, 0.4) is 0 Å². The lowest BCUT2D eigenvalue weighted by Gasteiger charge is -2.02. The smallest absolute Gasteiger partial charge is 0.168 e. The molecule has 1 aromatic heterocycles. The molecule has 82 valence electrons. The number of ketones is 1. The van der Waals surface area contributed by atoms with E-state index in [-0.39, 0.29) is 5.78 Å². The molecule has 1 aromatic carbocycles. The number of carbonyl (C=O) groups is 1. The van der Waals surface area contributed by atoms with E-state index in [0.29, 0.717) is 22.0 Å². The van der Waals surface area contributed by atoms with Gasteiger partial charge in [-0.25, -0.2) is 0 Å². The van der Waals surface area contributed by atoms with Crippen LogP contribution in [0, 0.1) is 0 Å². The van der Waals surface area contributed by atoms with Crippen LogP contribution in [-0.4, -0.2) is 5.78 Å². The third-order valence-electron chi connectivity index (χ3n) is 2.18. The van der Waals surface area contributed by atoms with Crippen LogP contribution in [0.5, 0.6) is 0 Å². The fourth-order valence-electron chi connectivity index (χ4n) is 1.39. The first-order chi connectivity index (χ1) is 7.66. The second kappa shape index (κ2) is 5.00. The summed E-state index contributed by atoms with van der Waals surface area (Å²) < 4.78 is 0. The van der Waals surface area contributed by atoms with E-state index in [9.17, 15) is 4.79 Å². The summed E-state index contributed by atoms with van der Waals surface area (Å²) in [5.74, 6) is 0.0140. The third-order valence-corrected chi connectivity index (χ3v) is 3.46. The molecular weight excluding hydrogens is 263 g/mol. The van der Waals surface area contributed by atoms with Crippen molar-refractivity contribution in [3.05, 3.63) is 56.2 Å². The van der Waals surface area contributed by atoms with Gasteiger partial charge in [-0.05, 0) is 40.6 Å². The zero-order valence-corrected chi connectivity index (χ0v) is 10.6. The van der Waals surface area contributed by atoms with Gasteiger partial charge in [0.2, 0.25) is 0 Å². The zero-order valence-electron chi connectivity index (χ0n) is 8.24. The van der Waals surface area contributed by atoms with Gasteiger partial charge < -0.3 is 0 Å². The van der Waals surface area contributed by atoms with E-state index >= 15 is 0 Å². The van der Waals surface area contributed by atoms with E-state index in [0.717, 1.165) is 5.56 Å². The van der Waals surface area contributed by atoms with Crippen molar-refractivity contribution in [2.45, 2.75) is 6.42 Å². The van der Waals surface area contributed by atoms with Crippen LogP contribution in [0.15, 0.2) is 35.0 Å². The van der Waals surface area contributed by atoms with Crippen molar-refractivity contribution in [3.8, 4) is 0 Å². The highest BCUT2D eigenvalue weighted by atomic mass is 35.5. The van der Waals surface area contributed by atoms with Gasteiger partial charge in [0.05, 0.1) is 5.02 Å². The highest BCUT2D eigenvalue weighted by molar-refractivity contribution is 7.08. The van der Waals surface area contributed by atoms with Crippen LogP contribution >= 0.6 is 34.5 Å². The molecule has 0 saturated heterocycles. The van der Waals surface area contributed by atoms with Crippen LogP contribution in [-0.2, 0) is 6.42 Å². The quantitative estimate of drug-likeness (QED) is 0.752. The van der Waals surface area contributed by atoms with Gasteiger partial charge in [-0.15, -0.1) is 0 Å². The van der Waals surface area contributed by atoms with Crippen molar-refractivity contribution in [1.29, 1.82) is 0 Å². The molecule has 0 bridgehead atoms. The molecule has 1 heterocycles. The number of benzene rings is 1. The normalized spacial score (nSPS) is 10.4. The van der Waals surface area contributed by atoms with E-state index in [4.69, 9.17) is 23.2 Å². The number of rotatable bonds is 3. The van der Waals surface area contributed by atoms with Crippen molar-refractivity contribution in [2.24, 2.45) is 0 Å². The van der Waals surface area contributed by atoms with Gasteiger partial charge in [-0.2, -0.15) is 11.3 Å². The number of hydrogen-bond donors (Lipinski definition) is 0. The third kappa shape index (κ3) is 2.64. The Hall–Kier alpha value is -0.830. The minimum Gasteiger partial charge on any atom is -0.294 e. The Balaban J connectivity index is 2.21. The molecule has 4 heteroatoms.